The summed E-state index contributed by atoms with van der Waals surface area (Å²) in [5, 5.41) is 0. The van der Waals surface area contributed by atoms with Crippen LogP contribution in [0.4, 0.5) is 0 Å². The van der Waals surface area contributed by atoms with E-state index in [9.17, 15) is 0 Å². The summed E-state index contributed by atoms with van der Waals surface area (Å²) in [6.07, 6.45) is 2.34. The summed E-state index contributed by atoms with van der Waals surface area (Å²) in [7, 11) is 0. The maximum Gasteiger partial charge on any atom is 0.0777 e. The molecule has 0 saturated carbocycles. The maximum atomic E-state index is 3.24. The predicted octanol–water partition coefficient (Wildman–Crippen LogP) is 4.72. The van der Waals surface area contributed by atoms with E-state index in [1.807, 2.05) is 0 Å². The van der Waals surface area contributed by atoms with Crippen LogP contribution in [0.25, 0.3) is 0 Å². The van der Waals surface area contributed by atoms with Crippen LogP contribution in [0.15, 0.2) is 30.3 Å². The van der Waals surface area contributed by atoms with Gasteiger partial charge in [-0.15, -0.1) is 11.3 Å². The van der Waals surface area contributed by atoms with E-state index in [2.05, 4.69) is 62.9 Å². The van der Waals surface area contributed by atoms with Crippen molar-refractivity contribution >= 4 is 11.3 Å². The lowest BCUT2D eigenvalue weighted by atomic mass is 10.1. The van der Waals surface area contributed by atoms with Crippen LogP contribution in [0.3, 0.4) is 0 Å². The highest BCUT2D eigenvalue weighted by atomic mass is 32.1. The van der Waals surface area contributed by atoms with Crippen LogP contribution in [0.5, 0.6) is 0 Å². The topological polar surface area (TPSA) is 0 Å². The SMILES string of the molecule is CCCc1ccc(C#Cc2cc(C)c(C)s2)cc1. The molecule has 0 bridgehead atoms. The second-order valence-electron chi connectivity index (χ2n) is 4.55. The predicted molar refractivity (Wildman–Crippen MR) is 80.2 cm³/mol. The summed E-state index contributed by atoms with van der Waals surface area (Å²) < 4.78 is 0. The number of rotatable bonds is 2. The van der Waals surface area contributed by atoms with Gasteiger partial charge in [-0.05, 0) is 49.6 Å². The molecule has 0 unspecified atom stereocenters. The smallest absolute Gasteiger partial charge is 0.0777 e. The highest BCUT2D eigenvalue weighted by Crippen LogP contribution is 2.19. The molecule has 0 aliphatic carbocycles. The lowest BCUT2D eigenvalue weighted by Crippen LogP contribution is -1.82. The van der Waals surface area contributed by atoms with Gasteiger partial charge in [0.25, 0.3) is 0 Å². The van der Waals surface area contributed by atoms with Crippen LogP contribution < -0.4 is 0 Å². The normalized spacial score (nSPS) is 9.94. The van der Waals surface area contributed by atoms with Gasteiger partial charge >= 0.3 is 0 Å². The summed E-state index contributed by atoms with van der Waals surface area (Å²) >= 11 is 1.77. The molecule has 18 heavy (non-hydrogen) atoms. The lowest BCUT2D eigenvalue weighted by Gasteiger charge is -1.97. The molecule has 0 N–H and O–H groups in total. The van der Waals surface area contributed by atoms with E-state index in [1.165, 1.54) is 22.4 Å². The molecular weight excluding hydrogens is 236 g/mol. The zero-order chi connectivity index (χ0) is 13.0. The van der Waals surface area contributed by atoms with Crippen molar-refractivity contribution in [3.05, 3.63) is 56.8 Å². The Morgan fingerprint density at radius 2 is 1.78 bits per heavy atom. The molecule has 0 amide bonds. The molecular formula is C17H18S. The summed E-state index contributed by atoms with van der Waals surface area (Å²) in [6.45, 7) is 6.48. The first-order valence-corrected chi connectivity index (χ1v) is 7.18. The fraction of sp³-hybridized carbons (Fsp3) is 0.294. The van der Waals surface area contributed by atoms with Crippen molar-refractivity contribution in [2.45, 2.75) is 33.6 Å². The van der Waals surface area contributed by atoms with Crippen LogP contribution in [-0.4, -0.2) is 0 Å². The second-order valence-corrected chi connectivity index (χ2v) is 5.80. The molecule has 1 heteroatoms. The minimum absolute atomic E-state index is 1.10. The quantitative estimate of drug-likeness (QED) is 0.680. The third-order valence-electron chi connectivity index (χ3n) is 2.99. The van der Waals surface area contributed by atoms with E-state index in [-0.39, 0.29) is 0 Å². The Labute approximate surface area is 114 Å². The van der Waals surface area contributed by atoms with Gasteiger partial charge in [-0.2, -0.15) is 0 Å². The molecule has 0 saturated heterocycles. The molecule has 0 spiro atoms. The summed E-state index contributed by atoms with van der Waals surface area (Å²) in [6, 6.07) is 10.8. The molecule has 0 aliphatic rings. The fourth-order valence-corrected chi connectivity index (χ4v) is 2.70. The van der Waals surface area contributed by atoms with Crippen LogP contribution in [0, 0.1) is 25.7 Å². The van der Waals surface area contributed by atoms with Crippen molar-refractivity contribution in [2.24, 2.45) is 0 Å². The molecule has 1 aromatic carbocycles. The van der Waals surface area contributed by atoms with Gasteiger partial charge in [0.1, 0.15) is 0 Å². The van der Waals surface area contributed by atoms with Crippen LogP contribution in [0.2, 0.25) is 0 Å². The van der Waals surface area contributed by atoms with E-state index in [4.69, 9.17) is 0 Å². The van der Waals surface area contributed by atoms with Gasteiger partial charge in [-0.1, -0.05) is 37.3 Å². The zero-order valence-corrected chi connectivity index (χ0v) is 12.0. The van der Waals surface area contributed by atoms with Gasteiger partial charge in [0.15, 0.2) is 0 Å². The highest BCUT2D eigenvalue weighted by molar-refractivity contribution is 7.12. The van der Waals surface area contributed by atoms with Crippen LogP contribution in [-0.2, 0) is 6.42 Å². The Morgan fingerprint density at radius 1 is 1.06 bits per heavy atom. The second kappa shape index (κ2) is 5.89. The maximum absolute atomic E-state index is 3.24. The molecule has 0 aliphatic heterocycles. The Hall–Kier alpha value is -1.52. The molecule has 92 valence electrons. The average Bonchev–Trinajstić information content (AvgIpc) is 2.68. The largest absolute Gasteiger partial charge is 0.132 e. The van der Waals surface area contributed by atoms with Crippen molar-refractivity contribution < 1.29 is 0 Å². The summed E-state index contributed by atoms with van der Waals surface area (Å²) in [5.41, 5.74) is 3.83. The van der Waals surface area contributed by atoms with Gasteiger partial charge in [0, 0.05) is 10.4 Å². The minimum atomic E-state index is 1.10. The van der Waals surface area contributed by atoms with E-state index >= 15 is 0 Å². The van der Waals surface area contributed by atoms with Gasteiger partial charge in [-0.25, -0.2) is 0 Å². The van der Waals surface area contributed by atoms with Crippen molar-refractivity contribution in [2.75, 3.05) is 0 Å². The van der Waals surface area contributed by atoms with Crippen molar-refractivity contribution in [3.8, 4) is 11.8 Å². The molecule has 0 radical (unpaired) electrons. The third-order valence-corrected chi connectivity index (χ3v) is 4.06. The van der Waals surface area contributed by atoms with E-state index in [0.717, 1.165) is 16.9 Å². The summed E-state index contributed by atoms with van der Waals surface area (Å²) in [5.74, 6) is 6.47. The fourth-order valence-electron chi connectivity index (χ4n) is 1.81. The lowest BCUT2D eigenvalue weighted by molar-refractivity contribution is 0.922. The number of hydrogen-bond acceptors (Lipinski definition) is 1. The van der Waals surface area contributed by atoms with Crippen LogP contribution in [0.1, 0.15) is 39.8 Å². The Morgan fingerprint density at radius 3 is 2.33 bits per heavy atom. The molecule has 1 aromatic heterocycles. The summed E-state index contributed by atoms with van der Waals surface area (Å²) in [4.78, 5) is 2.51. The third kappa shape index (κ3) is 3.24. The van der Waals surface area contributed by atoms with Gasteiger partial charge in [0.2, 0.25) is 0 Å². The number of aryl methyl sites for hydroxylation is 3. The van der Waals surface area contributed by atoms with Gasteiger partial charge in [0.05, 0.1) is 4.88 Å². The molecule has 0 atom stereocenters. The number of thiophene rings is 1. The van der Waals surface area contributed by atoms with Crippen molar-refractivity contribution in [3.63, 3.8) is 0 Å². The standard InChI is InChI=1S/C17H18S/c1-4-5-15-6-8-16(9-7-15)10-11-17-12-13(2)14(3)18-17/h6-9,12H,4-5H2,1-3H3. The Kier molecular flexibility index (Phi) is 4.23. The van der Waals surface area contributed by atoms with E-state index in [0.29, 0.717) is 0 Å². The first kappa shape index (κ1) is 12.9. The minimum Gasteiger partial charge on any atom is -0.132 e. The molecule has 0 fully saturated rings. The molecule has 2 rings (SSSR count). The number of benzene rings is 1. The van der Waals surface area contributed by atoms with Crippen LogP contribution >= 0.6 is 11.3 Å². The number of hydrogen-bond donors (Lipinski definition) is 0. The molecule has 0 nitrogen and oxygen atoms in total. The van der Waals surface area contributed by atoms with Crippen molar-refractivity contribution in [1.82, 2.24) is 0 Å². The first-order chi connectivity index (χ1) is 8.69. The van der Waals surface area contributed by atoms with E-state index in [1.54, 1.807) is 11.3 Å². The molecule has 1 heterocycles. The van der Waals surface area contributed by atoms with Gasteiger partial charge < -0.3 is 0 Å². The molecule has 2 aromatic rings. The first-order valence-electron chi connectivity index (χ1n) is 6.37. The van der Waals surface area contributed by atoms with E-state index < -0.39 is 0 Å². The van der Waals surface area contributed by atoms with Crippen molar-refractivity contribution in [1.29, 1.82) is 0 Å². The zero-order valence-electron chi connectivity index (χ0n) is 11.2. The highest BCUT2D eigenvalue weighted by Gasteiger charge is 1.97. The Balaban J connectivity index is 2.14. The monoisotopic (exact) mass is 254 g/mol. The Bertz CT molecular complexity index is 557. The average molecular weight is 254 g/mol. The van der Waals surface area contributed by atoms with Gasteiger partial charge in [-0.3, -0.25) is 0 Å².